The Morgan fingerprint density at radius 1 is 1.05 bits per heavy atom. The highest BCUT2D eigenvalue weighted by molar-refractivity contribution is 6.00. The van der Waals surface area contributed by atoms with E-state index >= 15 is 0 Å². The average Bonchev–Trinajstić information content (AvgIpc) is 3.38. The zero-order valence-electron chi connectivity index (χ0n) is 20.6. The molecule has 0 radical (unpaired) electrons. The van der Waals surface area contributed by atoms with E-state index in [1.807, 2.05) is 24.3 Å². The van der Waals surface area contributed by atoms with Gasteiger partial charge in [0.05, 0.1) is 21.3 Å². The number of fused-ring (bicyclic) bond motifs is 1. The minimum absolute atomic E-state index is 0.00939. The molecule has 3 aromatic rings. The van der Waals surface area contributed by atoms with Crippen LogP contribution in [0.3, 0.4) is 0 Å². The highest BCUT2D eigenvalue weighted by Crippen LogP contribution is 2.47. The summed E-state index contributed by atoms with van der Waals surface area (Å²) in [6.45, 7) is -0.434. The van der Waals surface area contributed by atoms with Crippen molar-refractivity contribution in [3.05, 3.63) is 65.1 Å². The number of ether oxygens (including phenoxy) is 4. The van der Waals surface area contributed by atoms with Gasteiger partial charge >= 0.3 is 5.97 Å². The summed E-state index contributed by atoms with van der Waals surface area (Å²) in [5.74, 6) is 1.33. The smallest absolute Gasteiger partial charge is 0.341 e. The van der Waals surface area contributed by atoms with Crippen LogP contribution in [-0.4, -0.2) is 59.6 Å². The van der Waals surface area contributed by atoms with Crippen LogP contribution in [0.1, 0.15) is 35.9 Å². The Kier molecular flexibility index (Phi) is 6.43. The Bertz CT molecular complexity index is 1350. The first kappa shape index (κ1) is 24.2. The monoisotopic (exact) mass is 506 g/mol. The van der Waals surface area contributed by atoms with E-state index in [4.69, 9.17) is 24.1 Å². The second-order valence-corrected chi connectivity index (χ2v) is 8.69. The van der Waals surface area contributed by atoms with Crippen molar-refractivity contribution in [3.63, 3.8) is 0 Å². The van der Waals surface area contributed by atoms with Gasteiger partial charge < -0.3 is 29.4 Å². The molecule has 1 aliphatic heterocycles. The van der Waals surface area contributed by atoms with E-state index < -0.39 is 18.6 Å². The number of nitrogens with zero attached hydrogens (tertiary/aromatic N) is 3. The van der Waals surface area contributed by atoms with Crippen LogP contribution in [0, 0.1) is 0 Å². The van der Waals surface area contributed by atoms with E-state index in [9.17, 15) is 9.59 Å². The van der Waals surface area contributed by atoms with Gasteiger partial charge in [0.2, 0.25) is 11.7 Å². The number of nitrogens with one attached hydrogen (secondary N) is 1. The molecule has 11 nitrogen and oxygen atoms in total. The molecule has 0 amide bonds. The second-order valence-electron chi connectivity index (χ2n) is 8.69. The van der Waals surface area contributed by atoms with Crippen LogP contribution in [0.5, 0.6) is 23.0 Å². The molecule has 11 heteroatoms. The lowest BCUT2D eigenvalue weighted by Gasteiger charge is -2.35. The van der Waals surface area contributed by atoms with Gasteiger partial charge in [0, 0.05) is 17.7 Å². The highest BCUT2D eigenvalue weighted by Gasteiger charge is 2.39. The number of Topliss-reactive ketones (excluding diaryl/α,β-unsaturated/α-hetero) is 1. The number of aliphatic carboxylic acids is 1. The fourth-order valence-electron chi connectivity index (χ4n) is 4.92. The maximum absolute atomic E-state index is 13.7. The Hall–Kier alpha value is -4.54. The number of hydrogen-bond acceptors (Lipinski definition) is 9. The van der Waals surface area contributed by atoms with Crippen molar-refractivity contribution in [2.45, 2.75) is 24.8 Å². The van der Waals surface area contributed by atoms with Crippen LogP contribution in [0.25, 0.3) is 0 Å². The summed E-state index contributed by atoms with van der Waals surface area (Å²) >= 11 is 0. The number of aromatic nitrogens is 3. The molecule has 37 heavy (non-hydrogen) atoms. The van der Waals surface area contributed by atoms with Crippen LogP contribution in [0.15, 0.2) is 54.0 Å². The average molecular weight is 507 g/mol. The number of carboxylic acids is 1. The number of allylic oxidation sites excluding steroid dienone is 2. The van der Waals surface area contributed by atoms with Crippen molar-refractivity contribution in [2.24, 2.45) is 0 Å². The van der Waals surface area contributed by atoms with Crippen molar-refractivity contribution in [2.75, 3.05) is 33.3 Å². The summed E-state index contributed by atoms with van der Waals surface area (Å²) in [4.78, 5) is 28.8. The molecule has 2 aromatic carbocycles. The molecule has 1 aromatic heterocycles. The lowest BCUT2D eigenvalue weighted by atomic mass is 9.77. The standard InChI is InChI=1S/C26H26N4O7/c1-34-20-10-16(11-21(35-2)25(20)36-3)15-8-18-23(19(31)9-15)24(30-26(29-18)27-13-28-30)14-4-6-17(7-5-14)37-12-22(32)33/h4-7,10-11,13,15,24H,8-9,12H2,1-3H3,(H,32,33)(H,27,28,29)/t15-,24+/m0/s1. The summed E-state index contributed by atoms with van der Waals surface area (Å²) in [6.07, 6.45) is 2.31. The quantitative estimate of drug-likeness (QED) is 0.469. The summed E-state index contributed by atoms with van der Waals surface area (Å²) in [5, 5.41) is 16.5. The van der Waals surface area contributed by atoms with Crippen molar-refractivity contribution < 1.29 is 33.6 Å². The van der Waals surface area contributed by atoms with Crippen LogP contribution in [0.2, 0.25) is 0 Å². The van der Waals surface area contributed by atoms with Crippen LogP contribution in [0.4, 0.5) is 5.95 Å². The fourth-order valence-corrected chi connectivity index (χ4v) is 4.92. The maximum atomic E-state index is 13.7. The van der Waals surface area contributed by atoms with Crippen molar-refractivity contribution in [1.29, 1.82) is 0 Å². The second kappa shape index (κ2) is 9.84. The zero-order chi connectivity index (χ0) is 26.1. The van der Waals surface area contributed by atoms with E-state index in [-0.39, 0.29) is 11.7 Å². The van der Waals surface area contributed by atoms with Crippen molar-refractivity contribution in [1.82, 2.24) is 14.8 Å². The summed E-state index contributed by atoms with van der Waals surface area (Å²) in [5.41, 5.74) is 3.12. The van der Waals surface area contributed by atoms with Gasteiger partial charge in [-0.2, -0.15) is 10.1 Å². The number of benzene rings is 2. The minimum atomic E-state index is -1.06. The van der Waals surface area contributed by atoms with Gasteiger partial charge in [-0.3, -0.25) is 4.79 Å². The first-order chi connectivity index (χ1) is 17.9. The molecule has 0 spiro atoms. The topological polar surface area (TPSA) is 134 Å². The predicted molar refractivity (Wildman–Crippen MR) is 131 cm³/mol. The van der Waals surface area contributed by atoms with E-state index in [2.05, 4.69) is 15.4 Å². The number of methoxy groups -OCH3 is 3. The first-order valence-electron chi connectivity index (χ1n) is 11.6. The lowest BCUT2D eigenvalue weighted by molar-refractivity contribution is -0.139. The van der Waals surface area contributed by atoms with Crippen LogP contribution < -0.4 is 24.3 Å². The van der Waals surface area contributed by atoms with Gasteiger partial charge in [-0.15, -0.1) is 0 Å². The normalized spacial score (nSPS) is 18.4. The van der Waals surface area contributed by atoms with Crippen molar-refractivity contribution >= 4 is 17.7 Å². The fraction of sp³-hybridized carbons (Fsp3) is 0.308. The Morgan fingerprint density at radius 3 is 2.38 bits per heavy atom. The van der Waals surface area contributed by atoms with E-state index in [0.717, 1.165) is 16.8 Å². The molecule has 5 rings (SSSR count). The third kappa shape index (κ3) is 4.44. The molecule has 2 atom stereocenters. The molecule has 0 saturated heterocycles. The van der Waals surface area contributed by atoms with Gasteiger partial charge in [-0.05, 0) is 47.7 Å². The number of ketones is 1. The number of carbonyl (C=O) groups excluding carboxylic acids is 1. The van der Waals surface area contributed by atoms with Crippen LogP contribution >= 0.6 is 0 Å². The van der Waals surface area contributed by atoms with Gasteiger partial charge in [0.15, 0.2) is 23.9 Å². The molecular formula is C26H26N4O7. The SMILES string of the molecule is COc1cc([C@@H]2CC(=O)C3=C(C2)Nc2ncnn2[C@@H]3c2ccc(OCC(=O)O)cc2)cc(OC)c1OC. The van der Waals surface area contributed by atoms with Crippen molar-refractivity contribution in [3.8, 4) is 23.0 Å². The number of hydrogen-bond donors (Lipinski definition) is 2. The van der Waals surface area contributed by atoms with Gasteiger partial charge in [-0.1, -0.05) is 12.1 Å². The molecule has 0 unspecified atom stereocenters. The molecule has 2 aliphatic rings. The largest absolute Gasteiger partial charge is 0.493 e. The summed E-state index contributed by atoms with van der Waals surface area (Å²) < 4.78 is 23.4. The number of carbonyl (C=O) groups is 2. The molecule has 0 bridgehead atoms. The molecular weight excluding hydrogens is 480 g/mol. The van der Waals surface area contributed by atoms with E-state index in [1.165, 1.54) is 6.33 Å². The number of anilines is 1. The van der Waals surface area contributed by atoms with Gasteiger partial charge in [-0.25, -0.2) is 9.48 Å². The Morgan fingerprint density at radius 2 is 1.76 bits per heavy atom. The minimum Gasteiger partial charge on any atom is -0.493 e. The molecule has 2 N–H and O–H groups in total. The van der Waals surface area contributed by atoms with Crippen LogP contribution in [-0.2, 0) is 9.59 Å². The molecule has 1 aliphatic carbocycles. The molecule has 0 fully saturated rings. The van der Waals surface area contributed by atoms with E-state index in [1.54, 1.807) is 38.1 Å². The summed E-state index contributed by atoms with van der Waals surface area (Å²) in [7, 11) is 4.67. The zero-order valence-corrected chi connectivity index (χ0v) is 20.6. The van der Waals surface area contributed by atoms with Gasteiger partial charge in [0.25, 0.3) is 0 Å². The molecule has 0 saturated carbocycles. The Labute approximate surface area is 212 Å². The predicted octanol–water partition coefficient (Wildman–Crippen LogP) is 3.18. The van der Waals surface area contributed by atoms with E-state index in [0.29, 0.717) is 47.4 Å². The number of rotatable bonds is 8. The number of carboxylic acid groups (broad SMARTS) is 1. The third-order valence-electron chi connectivity index (χ3n) is 6.58. The highest BCUT2D eigenvalue weighted by atomic mass is 16.5. The molecule has 192 valence electrons. The van der Waals surface area contributed by atoms with Gasteiger partial charge in [0.1, 0.15) is 18.1 Å². The molecule has 2 heterocycles. The maximum Gasteiger partial charge on any atom is 0.341 e. The lowest BCUT2D eigenvalue weighted by Crippen LogP contribution is -2.33. The first-order valence-corrected chi connectivity index (χ1v) is 11.6. The summed E-state index contributed by atoms with van der Waals surface area (Å²) in [6, 6.07) is 10.3. The Balaban J connectivity index is 1.50. The third-order valence-corrected chi connectivity index (χ3v) is 6.58.